The maximum absolute atomic E-state index is 7.99. The Labute approximate surface area is 51.5 Å². The van der Waals surface area contributed by atoms with Crippen LogP contribution >= 0.6 is 11.8 Å². The van der Waals surface area contributed by atoms with Crippen molar-refractivity contribution in [2.45, 2.75) is 0 Å². The van der Waals surface area contributed by atoms with Gasteiger partial charge < -0.3 is 11.6 Å². The molecule has 0 saturated carbocycles. The Morgan fingerprint density at radius 1 is 1.88 bits per heavy atom. The second-order valence-corrected chi connectivity index (χ2v) is 1.91. The maximum Gasteiger partial charge on any atom is 0.178 e. The topological polar surface area (TPSA) is 88.2 Å². The maximum atomic E-state index is 7.99. The zero-order valence-corrected chi connectivity index (χ0v) is 4.98. The van der Waals surface area contributed by atoms with E-state index in [0.717, 1.165) is 11.8 Å². The van der Waals surface area contributed by atoms with Gasteiger partial charge in [0.2, 0.25) is 0 Å². The number of nitriles is 1. The lowest BCUT2D eigenvalue weighted by Crippen LogP contribution is -2.09. The number of thioether (sulfide) groups is 1. The van der Waals surface area contributed by atoms with Crippen molar-refractivity contribution in [3.8, 4) is 6.07 Å². The van der Waals surface area contributed by atoms with Gasteiger partial charge in [0.15, 0.2) is 5.17 Å². The van der Waals surface area contributed by atoms with Gasteiger partial charge in [0.25, 0.3) is 0 Å². The van der Waals surface area contributed by atoms with Crippen LogP contribution in [0.1, 0.15) is 0 Å². The van der Waals surface area contributed by atoms with E-state index in [-0.39, 0.29) is 5.17 Å². The molecule has 0 atom stereocenters. The van der Waals surface area contributed by atoms with Crippen molar-refractivity contribution in [3.63, 3.8) is 0 Å². The van der Waals surface area contributed by atoms with Crippen LogP contribution in [0.2, 0.25) is 0 Å². The standard InChI is InChI=1S/C3H6N4S/c4-1-2-8-3(5)7-6/h2,6H2,(H2,5,7). The summed E-state index contributed by atoms with van der Waals surface area (Å²) in [5.74, 6) is 5.04. The average molecular weight is 130 g/mol. The van der Waals surface area contributed by atoms with Crippen LogP contribution in [-0.2, 0) is 0 Å². The van der Waals surface area contributed by atoms with Crippen LogP contribution in [0.25, 0.3) is 0 Å². The highest BCUT2D eigenvalue weighted by Gasteiger charge is 1.87. The van der Waals surface area contributed by atoms with Gasteiger partial charge >= 0.3 is 0 Å². The summed E-state index contributed by atoms with van der Waals surface area (Å²) in [7, 11) is 0. The van der Waals surface area contributed by atoms with E-state index < -0.39 is 0 Å². The van der Waals surface area contributed by atoms with Crippen LogP contribution < -0.4 is 11.6 Å². The van der Waals surface area contributed by atoms with Crippen molar-refractivity contribution < 1.29 is 0 Å². The van der Waals surface area contributed by atoms with Crippen molar-refractivity contribution in [3.05, 3.63) is 0 Å². The van der Waals surface area contributed by atoms with E-state index in [2.05, 4.69) is 5.10 Å². The Kier molecular flexibility index (Phi) is 3.80. The summed E-state index contributed by atoms with van der Waals surface area (Å²) in [6.07, 6.45) is 0. The predicted octanol–water partition coefficient (Wildman–Crippen LogP) is -0.568. The number of rotatable bonds is 1. The van der Waals surface area contributed by atoms with Gasteiger partial charge in [-0.25, -0.2) is 0 Å². The Morgan fingerprint density at radius 2 is 2.50 bits per heavy atom. The van der Waals surface area contributed by atoms with Crippen LogP contribution in [0.15, 0.2) is 5.10 Å². The first-order chi connectivity index (χ1) is 3.81. The molecule has 8 heavy (non-hydrogen) atoms. The molecule has 0 aromatic carbocycles. The van der Waals surface area contributed by atoms with Crippen LogP contribution in [-0.4, -0.2) is 10.9 Å². The molecular formula is C3H6N4S. The largest absolute Gasteiger partial charge is 0.377 e. The Morgan fingerprint density at radius 3 is 2.88 bits per heavy atom. The molecule has 44 valence electrons. The summed E-state index contributed by atoms with van der Waals surface area (Å²) in [6, 6.07) is 1.88. The number of nitrogens with two attached hydrogens (primary N) is 2. The summed E-state index contributed by atoms with van der Waals surface area (Å²) >= 11 is 1.12. The lowest BCUT2D eigenvalue weighted by atomic mass is 10.9. The highest BCUT2D eigenvalue weighted by Crippen LogP contribution is 1.94. The normalized spacial score (nSPS) is 10.6. The minimum Gasteiger partial charge on any atom is -0.377 e. The molecular weight excluding hydrogens is 124 g/mol. The van der Waals surface area contributed by atoms with E-state index in [1.807, 2.05) is 6.07 Å². The molecule has 4 N–H and O–H groups in total. The lowest BCUT2D eigenvalue weighted by Gasteiger charge is -1.87. The first-order valence-corrected chi connectivity index (χ1v) is 2.83. The summed E-state index contributed by atoms with van der Waals surface area (Å²) in [6.45, 7) is 0. The van der Waals surface area contributed by atoms with Crippen LogP contribution in [0, 0.1) is 11.3 Å². The molecule has 0 unspecified atom stereocenters. The van der Waals surface area contributed by atoms with Crippen LogP contribution in [0.3, 0.4) is 0 Å². The van der Waals surface area contributed by atoms with Gasteiger partial charge in [-0.2, -0.15) is 10.4 Å². The van der Waals surface area contributed by atoms with Crippen molar-refractivity contribution in [2.75, 3.05) is 5.75 Å². The molecule has 0 aliphatic carbocycles. The molecule has 0 saturated heterocycles. The van der Waals surface area contributed by atoms with Gasteiger partial charge in [-0.3, -0.25) is 0 Å². The van der Waals surface area contributed by atoms with E-state index in [0.29, 0.717) is 5.75 Å². The van der Waals surface area contributed by atoms with E-state index in [4.69, 9.17) is 16.8 Å². The number of hydrogen-bond acceptors (Lipinski definition) is 4. The highest BCUT2D eigenvalue weighted by molar-refractivity contribution is 8.13. The van der Waals surface area contributed by atoms with Gasteiger partial charge in [0, 0.05) is 0 Å². The summed E-state index contributed by atoms with van der Waals surface area (Å²) in [5.41, 5.74) is 5.10. The molecule has 0 spiro atoms. The SMILES string of the molecule is N#CCS/C(N)=N/N. The first kappa shape index (κ1) is 7.11. The van der Waals surface area contributed by atoms with Crippen molar-refractivity contribution in [1.29, 1.82) is 5.26 Å². The smallest absolute Gasteiger partial charge is 0.178 e. The van der Waals surface area contributed by atoms with E-state index >= 15 is 0 Å². The van der Waals surface area contributed by atoms with Gasteiger partial charge in [0.05, 0.1) is 11.8 Å². The van der Waals surface area contributed by atoms with Crippen LogP contribution in [0.4, 0.5) is 0 Å². The molecule has 0 heterocycles. The summed E-state index contributed by atoms with van der Waals surface area (Å²) in [5, 5.41) is 11.4. The van der Waals surface area contributed by atoms with Gasteiger partial charge in [-0.05, 0) is 0 Å². The van der Waals surface area contributed by atoms with Gasteiger partial charge in [-0.1, -0.05) is 11.8 Å². The highest BCUT2D eigenvalue weighted by atomic mass is 32.2. The molecule has 0 rings (SSSR count). The van der Waals surface area contributed by atoms with Crippen molar-refractivity contribution in [2.24, 2.45) is 16.7 Å². The monoisotopic (exact) mass is 130 g/mol. The fourth-order valence-electron chi connectivity index (χ4n) is 0.143. The fraction of sp³-hybridized carbons (Fsp3) is 0.333. The molecule has 0 bridgehead atoms. The molecule has 0 aliphatic heterocycles. The first-order valence-electron chi connectivity index (χ1n) is 1.84. The Hall–Kier alpha value is -0.890. The zero-order valence-electron chi connectivity index (χ0n) is 4.16. The quantitative estimate of drug-likeness (QED) is 0.215. The second kappa shape index (κ2) is 4.27. The number of nitrogens with zero attached hydrogens (tertiary/aromatic N) is 2. The number of hydrazone groups is 1. The van der Waals surface area contributed by atoms with Gasteiger partial charge in [0.1, 0.15) is 0 Å². The Bertz CT molecular complexity index is 124. The third-order valence-electron chi connectivity index (χ3n) is 0.412. The minimum atomic E-state index is 0.242. The third kappa shape index (κ3) is 3.31. The number of hydrogen-bond donors (Lipinski definition) is 2. The molecule has 0 amide bonds. The molecule has 0 aromatic rings. The predicted molar refractivity (Wildman–Crippen MR) is 33.9 cm³/mol. The number of amidine groups is 1. The van der Waals surface area contributed by atoms with Crippen molar-refractivity contribution >= 4 is 16.9 Å². The molecule has 5 heteroatoms. The second-order valence-electron chi connectivity index (χ2n) is 0.914. The Balaban J connectivity index is 3.29. The van der Waals surface area contributed by atoms with E-state index in [1.165, 1.54) is 0 Å². The summed E-state index contributed by atoms with van der Waals surface area (Å²) in [4.78, 5) is 0. The zero-order chi connectivity index (χ0) is 6.41. The van der Waals surface area contributed by atoms with E-state index in [9.17, 15) is 0 Å². The van der Waals surface area contributed by atoms with E-state index in [1.54, 1.807) is 0 Å². The van der Waals surface area contributed by atoms with Crippen LogP contribution in [0.5, 0.6) is 0 Å². The molecule has 0 radical (unpaired) electrons. The molecule has 0 aromatic heterocycles. The summed E-state index contributed by atoms with van der Waals surface area (Å²) < 4.78 is 0. The van der Waals surface area contributed by atoms with Gasteiger partial charge in [-0.15, -0.1) is 0 Å². The fourth-order valence-corrected chi connectivity index (χ4v) is 0.430. The molecule has 0 aliphatic rings. The molecule has 0 fully saturated rings. The average Bonchev–Trinajstić information content (AvgIpc) is 1.83. The minimum absolute atomic E-state index is 0.242. The third-order valence-corrected chi connectivity index (χ3v) is 1.09. The molecule has 4 nitrogen and oxygen atoms in total. The lowest BCUT2D eigenvalue weighted by molar-refractivity contribution is 1.25. The van der Waals surface area contributed by atoms with Crippen molar-refractivity contribution in [1.82, 2.24) is 0 Å².